The Morgan fingerprint density at radius 3 is 2.50 bits per heavy atom. The molecule has 0 fully saturated rings. The highest BCUT2D eigenvalue weighted by atomic mass is 16.5. The Bertz CT molecular complexity index is 524. The standard InChI is InChI=1S/C20H28O4/c1-5-10-15(3)19(20(21)22)24-18(6-2)16(4)13-23-14-17-11-8-7-9-12-17/h5-12,15-16,18-19H,2,13-14H2,1,3-4H3,(H,21,22)/b10-5+/t15-,16+,18-,19-/m0/s1. The van der Waals surface area contributed by atoms with Crippen molar-refractivity contribution >= 4 is 5.97 Å². The number of allylic oxidation sites excluding steroid dienone is 1. The molecule has 4 atom stereocenters. The molecule has 4 heteroatoms. The summed E-state index contributed by atoms with van der Waals surface area (Å²) in [5.74, 6) is -1.18. The van der Waals surface area contributed by atoms with Crippen molar-refractivity contribution in [2.24, 2.45) is 11.8 Å². The van der Waals surface area contributed by atoms with E-state index in [1.165, 1.54) is 0 Å². The zero-order valence-electron chi connectivity index (χ0n) is 14.7. The number of hydrogen-bond acceptors (Lipinski definition) is 3. The van der Waals surface area contributed by atoms with E-state index in [-0.39, 0.29) is 17.9 Å². The highest BCUT2D eigenvalue weighted by Crippen LogP contribution is 2.18. The van der Waals surface area contributed by atoms with E-state index in [0.717, 1.165) is 5.56 Å². The van der Waals surface area contributed by atoms with Gasteiger partial charge in [0.15, 0.2) is 6.10 Å². The van der Waals surface area contributed by atoms with Gasteiger partial charge in [-0.1, -0.05) is 62.4 Å². The van der Waals surface area contributed by atoms with Gasteiger partial charge in [0.1, 0.15) is 0 Å². The molecule has 0 bridgehead atoms. The summed E-state index contributed by atoms with van der Waals surface area (Å²) in [6.07, 6.45) is 4.03. The van der Waals surface area contributed by atoms with Gasteiger partial charge in [0.05, 0.1) is 19.3 Å². The third kappa shape index (κ3) is 6.69. The topological polar surface area (TPSA) is 55.8 Å². The molecule has 132 valence electrons. The summed E-state index contributed by atoms with van der Waals surface area (Å²) in [5.41, 5.74) is 1.10. The second-order valence-electron chi connectivity index (χ2n) is 5.96. The quantitative estimate of drug-likeness (QED) is 0.621. The summed E-state index contributed by atoms with van der Waals surface area (Å²) in [6.45, 7) is 10.4. The number of carboxylic acids is 1. The minimum absolute atomic E-state index is 0.00543. The van der Waals surface area contributed by atoms with E-state index in [4.69, 9.17) is 9.47 Å². The van der Waals surface area contributed by atoms with Gasteiger partial charge in [-0.25, -0.2) is 4.79 Å². The molecular formula is C20H28O4. The molecule has 0 heterocycles. The van der Waals surface area contributed by atoms with Crippen molar-refractivity contribution in [1.29, 1.82) is 0 Å². The molecule has 1 aromatic rings. The van der Waals surface area contributed by atoms with Crippen LogP contribution in [0.3, 0.4) is 0 Å². The molecule has 1 rings (SSSR count). The fourth-order valence-corrected chi connectivity index (χ4v) is 2.43. The summed E-state index contributed by atoms with van der Waals surface area (Å²) in [4.78, 5) is 11.5. The largest absolute Gasteiger partial charge is 0.479 e. The van der Waals surface area contributed by atoms with E-state index in [0.29, 0.717) is 13.2 Å². The van der Waals surface area contributed by atoms with Crippen molar-refractivity contribution in [3.63, 3.8) is 0 Å². The van der Waals surface area contributed by atoms with Crippen LogP contribution >= 0.6 is 0 Å². The van der Waals surface area contributed by atoms with Gasteiger partial charge < -0.3 is 14.6 Å². The third-order valence-electron chi connectivity index (χ3n) is 3.81. The van der Waals surface area contributed by atoms with Crippen molar-refractivity contribution in [2.45, 2.75) is 39.6 Å². The summed E-state index contributed by atoms with van der Waals surface area (Å²) >= 11 is 0. The van der Waals surface area contributed by atoms with Gasteiger partial charge in [-0.3, -0.25) is 0 Å². The molecule has 0 aliphatic heterocycles. The number of benzene rings is 1. The molecular weight excluding hydrogens is 304 g/mol. The number of ether oxygens (including phenoxy) is 2. The molecule has 0 aromatic heterocycles. The predicted octanol–water partition coefficient (Wildman–Crippen LogP) is 4.08. The first-order valence-electron chi connectivity index (χ1n) is 8.24. The van der Waals surface area contributed by atoms with Gasteiger partial charge in [-0.2, -0.15) is 0 Å². The molecule has 0 amide bonds. The lowest BCUT2D eigenvalue weighted by atomic mass is 10.0. The number of carbonyl (C=O) groups is 1. The number of aliphatic carboxylic acids is 1. The van der Waals surface area contributed by atoms with Crippen LogP contribution in [-0.2, 0) is 20.9 Å². The minimum Gasteiger partial charge on any atom is -0.479 e. The van der Waals surface area contributed by atoms with Gasteiger partial charge in [0.2, 0.25) is 0 Å². The van der Waals surface area contributed by atoms with Crippen molar-refractivity contribution in [2.75, 3.05) is 6.61 Å². The molecule has 0 unspecified atom stereocenters. The highest BCUT2D eigenvalue weighted by Gasteiger charge is 2.28. The molecule has 1 aromatic carbocycles. The van der Waals surface area contributed by atoms with E-state index < -0.39 is 12.1 Å². The lowest BCUT2D eigenvalue weighted by Gasteiger charge is -2.27. The third-order valence-corrected chi connectivity index (χ3v) is 3.81. The van der Waals surface area contributed by atoms with Gasteiger partial charge in [-0.05, 0) is 12.5 Å². The Morgan fingerprint density at radius 2 is 1.96 bits per heavy atom. The first-order valence-corrected chi connectivity index (χ1v) is 8.24. The van der Waals surface area contributed by atoms with E-state index in [1.54, 1.807) is 6.08 Å². The Balaban J connectivity index is 2.56. The average Bonchev–Trinajstić information content (AvgIpc) is 2.56. The van der Waals surface area contributed by atoms with Gasteiger partial charge >= 0.3 is 5.97 Å². The van der Waals surface area contributed by atoms with Crippen molar-refractivity contribution in [1.82, 2.24) is 0 Å². The molecule has 4 nitrogen and oxygen atoms in total. The SMILES string of the molecule is C=C[C@H](O[C@H](C(=O)O)[C@@H](C)/C=C/C)[C@H](C)COCc1ccccc1. The highest BCUT2D eigenvalue weighted by molar-refractivity contribution is 5.73. The van der Waals surface area contributed by atoms with Crippen LogP contribution in [0.4, 0.5) is 0 Å². The van der Waals surface area contributed by atoms with E-state index >= 15 is 0 Å². The van der Waals surface area contributed by atoms with Crippen LogP contribution in [0.15, 0.2) is 55.1 Å². The zero-order valence-corrected chi connectivity index (χ0v) is 14.7. The van der Waals surface area contributed by atoms with Crippen LogP contribution < -0.4 is 0 Å². The van der Waals surface area contributed by atoms with Gasteiger partial charge in [0.25, 0.3) is 0 Å². The first kappa shape index (κ1) is 20.1. The van der Waals surface area contributed by atoms with Gasteiger partial charge in [-0.15, -0.1) is 6.58 Å². The number of carboxylic acid groups (broad SMARTS) is 1. The smallest absolute Gasteiger partial charge is 0.333 e. The second-order valence-corrected chi connectivity index (χ2v) is 5.96. The van der Waals surface area contributed by atoms with Crippen molar-refractivity contribution < 1.29 is 19.4 Å². The molecule has 0 saturated heterocycles. The zero-order chi connectivity index (χ0) is 17.9. The molecule has 0 spiro atoms. The monoisotopic (exact) mass is 332 g/mol. The lowest BCUT2D eigenvalue weighted by Crippen LogP contribution is -2.36. The predicted molar refractivity (Wildman–Crippen MR) is 95.7 cm³/mol. The number of hydrogen-bond donors (Lipinski definition) is 1. The van der Waals surface area contributed by atoms with E-state index in [2.05, 4.69) is 6.58 Å². The maximum absolute atomic E-state index is 11.5. The van der Waals surface area contributed by atoms with E-state index in [1.807, 2.05) is 63.3 Å². The molecule has 0 aliphatic carbocycles. The van der Waals surface area contributed by atoms with Crippen LogP contribution in [0.2, 0.25) is 0 Å². The Hall–Kier alpha value is -1.91. The van der Waals surface area contributed by atoms with Crippen LogP contribution in [0, 0.1) is 11.8 Å². The molecule has 0 saturated carbocycles. The minimum atomic E-state index is -0.968. The first-order chi connectivity index (χ1) is 11.5. The van der Waals surface area contributed by atoms with Crippen LogP contribution in [0.5, 0.6) is 0 Å². The van der Waals surface area contributed by atoms with Crippen LogP contribution in [0.25, 0.3) is 0 Å². The molecule has 0 radical (unpaired) electrons. The molecule has 24 heavy (non-hydrogen) atoms. The summed E-state index contributed by atoms with van der Waals surface area (Å²) in [6, 6.07) is 9.91. The maximum Gasteiger partial charge on any atom is 0.333 e. The van der Waals surface area contributed by atoms with Crippen LogP contribution in [-0.4, -0.2) is 29.9 Å². The Kier molecular flexibility index (Phi) is 9.05. The van der Waals surface area contributed by atoms with Gasteiger partial charge in [0, 0.05) is 11.8 Å². The summed E-state index contributed by atoms with van der Waals surface area (Å²) in [7, 11) is 0. The normalized spacial score (nSPS) is 16.5. The molecule has 0 aliphatic rings. The summed E-state index contributed by atoms with van der Waals surface area (Å²) in [5, 5.41) is 9.40. The molecule has 1 N–H and O–H groups in total. The fourth-order valence-electron chi connectivity index (χ4n) is 2.43. The fraction of sp³-hybridized carbons (Fsp3) is 0.450. The second kappa shape index (κ2) is 10.8. The lowest BCUT2D eigenvalue weighted by molar-refractivity contribution is -0.157. The van der Waals surface area contributed by atoms with E-state index in [9.17, 15) is 9.90 Å². The Morgan fingerprint density at radius 1 is 1.29 bits per heavy atom. The average molecular weight is 332 g/mol. The van der Waals surface area contributed by atoms with Crippen LogP contribution in [0.1, 0.15) is 26.3 Å². The maximum atomic E-state index is 11.5. The summed E-state index contributed by atoms with van der Waals surface area (Å²) < 4.78 is 11.5. The van der Waals surface area contributed by atoms with Crippen molar-refractivity contribution in [3.8, 4) is 0 Å². The number of rotatable bonds is 11. The van der Waals surface area contributed by atoms with Crippen molar-refractivity contribution in [3.05, 3.63) is 60.7 Å². The Labute approximate surface area is 144 Å².